The number of benzene rings is 1. The van der Waals surface area contributed by atoms with E-state index in [1.807, 2.05) is 42.2 Å². The molecule has 110 valence electrons. The molecule has 1 aliphatic heterocycles. The maximum Gasteiger partial charge on any atom is 0.293 e. The van der Waals surface area contributed by atoms with E-state index in [4.69, 9.17) is 0 Å². The monoisotopic (exact) mass is 284 g/mol. The molecule has 2 aromatic rings. The summed E-state index contributed by atoms with van der Waals surface area (Å²) < 4.78 is 1.72. The van der Waals surface area contributed by atoms with Gasteiger partial charge in [0.2, 0.25) is 5.82 Å². The van der Waals surface area contributed by atoms with Gasteiger partial charge < -0.3 is 4.90 Å². The minimum atomic E-state index is -0.0559. The number of hydrogen-bond donors (Lipinski definition) is 0. The van der Waals surface area contributed by atoms with Crippen molar-refractivity contribution in [2.45, 2.75) is 26.7 Å². The molecule has 0 radical (unpaired) electrons. The lowest BCUT2D eigenvalue weighted by Crippen LogP contribution is -2.38. The van der Waals surface area contributed by atoms with Gasteiger partial charge >= 0.3 is 0 Å². The molecule has 0 saturated carbocycles. The van der Waals surface area contributed by atoms with Gasteiger partial charge in [-0.1, -0.05) is 25.1 Å². The Balaban J connectivity index is 1.82. The summed E-state index contributed by atoms with van der Waals surface area (Å²) in [6, 6.07) is 9.77. The van der Waals surface area contributed by atoms with Crippen molar-refractivity contribution in [1.82, 2.24) is 19.7 Å². The van der Waals surface area contributed by atoms with Crippen molar-refractivity contribution in [2.24, 2.45) is 5.92 Å². The number of para-hydroxylation sites is 1. The predicted molar refractivity (Wildman–Crippen MR) is 80.4 cm³/mol. The molecule has 1 saturated heterocycles. The second kappa shape index (κ2) is 5.68. The van der Waals surface area contributed by atoms with Crippen LogP contribution in [0.1, 0.15) is 36.2 Å². The van der Waals surface area contributed by atoms with Gasteiger partial charge in [0.15, 0.2) is 0 Å². The number of rotatable bonds is 2. The van der Waals surface area contributed by atoms with Gasteiger partial charge in [-0.3, -0.25) is 4.79 Å². The molecule has 1 fully saturated rings. The molecule has 0 spiro atoms. The van der Waals surface area contributed by atoms with Crippen LogP contribution in [-0.2, 0) is 0 Å². The average Bonchev–Trinajstić information content (AvgIpc) is 2.90. The van der Waals surface area contributed by atoms with E-state index in [2.05, 4.69) is 17.0 Å². The van der Waals surface area contributed by atoms with Crippen LogP contribution in [0.3, 0.4) is 0 Å². The Morgan fingerprint density at radius 3 is 2.52 bits per heavy atom. The first-order valence-electron chi connectivity index (χ1n) is 7.43. The fraction of sp³-hybridized carbons (Fsp3) is 0.438. The van der Waals surface area contributed by atoms with E-state index in [-0.39, 0.29) is 5.91 Å². The van der Waals surface area contributed by atoms with Gasteiger partial charge in [0.1, 0.15) is 5.82 Å². The number of hydrogen-bond acceptors (Lipinski definition) is 3. The molecule has 1 aliphatic rings. The minimum Gasteiger partial charge on any atom is -0.336 e. The Morgan fingerprint density at radius 1 is 1.19 bits per heavy atom. The molecule has 1 aromatic heterocycles. The van der Waals surface area contributed by atoms with Crippen LogP contribution in [0.2, 0.25) is 0 Å². The molecule has 1 aromatic carbocycles. The number of carbonyl (C=O) groups excluding carboxylic acids is 1. The highest BCUT2D eigenvalue weighted by molar-refractivity contribution is 5.90. The molecule has 0 aliphatic carbocycles. The SMILES string of the molecule is Cc1nc(C(=O)N2CCC(C)CC2)nn1-c1ccccc1. The fourth-order valence-electron chi connectivity index (χ4n) is 2.65. The molecule has 5 heteroatoms. The molecule has 3 rings (SSSR count). The van der Waals surface area contributed by atoms with Crippen molar-refractivity contribution in [3.05, 3.63) is 42.0 Å². The predicted octanol–water partition coefficient (Wildman–Crippen LogP) is 2.45. The van der Waals surface area contributed by atoms with Crippen LogP contribution in [0.25, 0.3) is 5.69 Å². The molecule has 1 amide bonds. The molecule has 21 heavy (non-hydrogen) atoms. The molecule has 0 bridgehead atoms. The number of carbonyl (C=O) groups is 1. The molecule has 2 heterocycles. The van der Waals surface area contributed by atoms with Gasteiger partial charge in [0.25, 0.3) is 5.91 Å². The lowest BCUT2D eigenvalue weighted by molar-refractivity contribution is 0.0685. The number of aryl methyl sites for hydroxylation is 1. The third kappa shape index (κ3) is 2.82. The van der Waals surface area contributed by atoms with Crippen molar-refractivity contribution in [3.63, 3.8) is 0 Å². The molecule has 0 atom stereocenters. The van der Waals surface area contributed by atoms with Gasteiger partial charge in [0, 0.05) is 13.1 Å². The molecule has 5 nitrogen and oxygen atoms in total. The van der Waals surface area contributed by atoms with E-state index in [0.717, 1.165) is 37.4 Å². The zero-order chi connectivity index (χ0) is 14.8. The first kappa shape index (κ1) is 13.8. The number of aromatic nitrogens is 3. The second-order valence-electron chi connectivity index (χ2n) is 5.70. The first-order chi connectivity index (χ1) is 10.1. The second-order valence-corrected chi connectivity index (χ2v) is 5.70. The van der Waals surface area contributed by atoms with Gasteiger partial charge in [0.05, 0.1) is 5.69 Å². The van der Waals surface area contributed by atoms with Crippen molar-refractivity contribution >= 4 is 5.91 Å². The summed E-state index contributed by atoms with van der Waals surface area (Å²) in [5, 5.41) is 4.39. The minimum absolute atomic E-state index is 0.0559. The van der Waals surface area contributed by atoms with Gasteiger partial charge in [-0.25, -0.2) is 9.67 Å². The number of likely N-dealkylation sites (tertiary alicyclic amines) is 1. The highest BCUT2D eigenvalue weighted by atomic mass is 16.2. The summed E-state index contributed by atoms with van der Waals surface area (Å²) in [5.74, 6) is 1.67. The third-order valence-corrected chi connectivity index (χ3v) is 4.03. The van der Waals surface area contributed by atoms with Crippen molar-refractivity contribution in [2.75, 3.05) is 13.1 Å². The quantitative estimate of drug-likeness (QED) is 0.851. The number of nitrogens with zero attached hydrogens (tertiary/aromatic N) is 4. The molecular weight excluding hydrogens is 264 g/mol. The van der Waals surface area contributed by atoms with Crippen molar-refractivity contribution in [1.29, 1.82) is 0 Å². The van der Waals surface area contributed by atoms with E-state index in [9.17, 15) is 4.79 Å². The Kier molecular flexibility index (Phi) is 3.73. The molecular formula is C16H20N4O. The third-order valence-electron chi connectivity index (χ3n) is 4.03. The smallest absolute Gasteiger partial charge is 0.293 e. The van der Waals surface area contributed by atoms with Crippen molar-refractivity contribution in [3.8, 4) is 5.69 Å². The zero-order valence-electron chi connectivity index (χ0n) is 12.5. The van der Waals surface area contributed by atoms with Crippen LogP contribution in [0.15, 0.2) is 30.3 Å². The average molecular weight is 284 g/mol. The van der Waals surface area contributed by atoms with E-state index in [1.54, 1.807) is 4.68 Å². The lowest BCUT2D eigenvalue weighted by atomic mass is 9.99. The van der Waals surface area contributed by atoms with E-state index in [1.165, 1.54) is 0 Å². The Bertz CT molecular complexity index is 627. The van der Waals surface area contributed by atoms with Crippen LogP contribution >= 0.6 is 0 Å². The van der Waals surface area contributed by atoms with Crippen LogP contribution in [0.5, 0.6) is 0 Å². The highest BCUT2D eigenvalue weighted by Gasteiger charge is 2.25. The fourth-order valence-corrected chi connectivity index (χ4v) is 2.65. The van der Waals surface area contributed by atoms with Gasteiger partial charge in [-0.05, 0) is 37.8 Å². The summed E-state index contributed by atoms with van der Waals surface area (Å²) in [5.41, 5.74) is 0.925. The Hall–Kier alpha value is -2.17. The highest BCUT2D eigenvalue weighted by Crippen LogP contribution is 2.18. The lowest BCUT2D eigenvalue weighted by Gasteiger charge is -2.29. The van der Waals surface area contributed by atoms with Gasteiger partial charge in [-0.15, -0.1) is 5.10 Å². The van der Waals surface area contributed by atoms with Crippen LogP contribution < -0.4 is 0 Å². The Labute approximate surface area is 124 Å². The maximum absolute atomic E-state index is 12.5. The van der Waals surface area contributed by atoms with E-state index in [0.29, 0.717) is 11.7 Å². The molecule has 0 N–H and O–H groups in total. The van der Waals surface area contributed by atoms with Gasteiger partial charge in [-0.2, -0.15) is 0 Å². The zero-order valence-corrected chi connectivity index (χ0v) is 12.5. The van der Waals surface area contributed by atoms with Crippen LogP contribution in [-0.4, -0.2) is 38.7 Å². The van der Waals surface area contributed by atoms with E-state index >= 15 is 0 Å². The standard InChI is InChI=1S/C16H20N4O/c1-12-8-10-19(11-9-12)16(21)15-17-13(2)20(18-15)14-6-4-3-5-7-14/h3-7,12H,8-11H2,1-2H3. The van der Waals surface area contributed by atoms with Crippen LogP contribution in [0, 0.1) is 12.8 Å². The topological polar surface area (TPSA) is 51.0 Å². The van der Waals surface area contributed by atoms with E-state index < -0.39 is 0 Å². The molecule has 0 unspecified atom stereocenters. The maximum atomic E-state index is 12.5. The summed E-state index contributed by atoms with van der Waals surface area (Å²) in [6.07, 6.45) is 2.12. The summed E-state index contributed by atoms with van der Waals surface area (Å²) in [7, 11) is 0. The normalized spacial score (nSPS) is 16.2. The first-order valence-corrected chi connectivity index (χ1v) is 7.43. The summed E-state index contributed by atoms with van der Waals surface area (Å²) in [4.78, 5) is 18.7. The summed E-state index contributed by atoms with van der Waals surface area (Å²) in [6.45, 7) is 5.71. The number of piperidine rings is 1. The summed E-state index contributed by atoms with van der Waals surface area (Å²) >= 11 is 0. The largest absolute Gasteiger partial charge is 0.336 e. The van der Waals surface area contributed by atoms with Crippen molar-refractivity contribution < 1.29 is 4.79 Å². The Morgan fingerprint density at radius 2 is 1.86 bits per heavy atom. The number of amides is 1. The van der Waals surface area contributed by atoms with Crippen LogP contribution in [0.4, 0.5) is 0 Å².